The van der Waals surface area contributed by atoms with Crippen LogP contribution in [-0.2, 0) is 33.7 Å². The summed E-state index contributed by atoms with van der Waals surface area (Å²) < 4.78 is 10.7. The zero-order chi connectivity index (χ0) is 20.5. The Morgan fingerprint density at radius 1 is 1.21 bits per heavy atom. The molecule has 6 nitrogen and oxygen atoms in total. The standard InChI is InChI=1S/C11H20N2O.C10H22O3.Zn/c1-10(9-11(2)14)12-5-8-13-6-3-4-7-13;1-4-5-6-12-8-10(3)13-7-9(2)11;/h9H,3-8H2,1-2H3,(H,12,14);9-11H,4-8H2,1-3H3;/q;;+2/p-1. The Bertz CT molecular complexity index is 400. The van der Waals surface area contributed by atoms with Crippen molar-refractivity contribution in [1.29, 1.82) is 0 Å². The molecule has 7 heteroatoms. The first kappa shape index (κ1) is 29.9. The second-order valence-corrected chi connectivity index (χ2v) is 7.25. The summed E-state index contributed by atoms with van der Waals surface area (Å²) in [5.74, 6) is 0.0763. The van der Waals surface area contributed by atoms with Crippen LogP contribution in [0.15, 0.2) is 11.8 Å². The van der Waals surface area contributed by atoms with Crippen molar-refractivity contribution in [3.8, 4) is 0 Å². The fourth-order valence-electron chi connectivity index (χ4n) is 2.56. The van der Waals surface area contributed by atoms with Crippen LogP contribution in [0.1, 0.15) is 60.3 Å². The van der Waals surface area contributed by atoms with Crippen LogP contribution in [0.2, 0.25) is 0 Å². The van der Waals surface area contributed by atoms with Gasteiger partial charge in [0.2, 0.25) is 0 Å². The molecular formula is C21H41N2O4Zn+. The minimum Gasteiger partial charge on any atom is -0.687 e. The molecule has 0 amide bonds. The number of carbonyl (C=O) groups is 1. The summed E-state index contributed by atoms with van der Waals surface area (Å²) in [6.45, 7) is 15.3. The van der Waals surface area contributed by atoms with E-state index in [1.165, 1.54) is 25.9 Å². The van der Waals surface area contributed by atoms with Gasteiger partial charge in [-0.15, -0.1) is 6.54 Å². The molecule has 0 aromatic heterocycles. The number of carbonyl (C=O) groups excluding carboxylic acids is 1. The second-order valence-electron chi connectivity index (χ2n) is 7.25. The van der Waals surface area contributed by atoms with E-state index in [1.54, 1.807) is 19.9 Å². The molecule has 1 heterocycles. The number of nitrogens with zero attached hydrogens (tertiary/aromatic N) is 2. The Labute approximate surface area is 185 Å². The Morgan fingerprint density at radius 3 is 2.39 bits per heavy atom. The average Bonchev–Trinajstić information content (AvgIpc) is 3.10. The number of ether oxygens (including phenoxy) is 2. The van der Waals surface area contributed by atoms with E-state index in [0.29, 0.717) is 13.2 Å². The van der Waals surface area contributed by atoms with Crippen LogP contribution in [0.5, 0.6) is 0 Å². The van der Waals surface area contributed by atoms with Crippen molar-refractivity contribution in [3.63, 3.8) is 0 Å². The van der Waals surface area contributed by atoms with Crippen LogP contribution >= 0.6 is 0 Å². The molecule has 1 rings (SSSR count). The van der Waals surface area contributed by atoms with Gasteiger partial charge in [0.1, 0.15) is 0 Å². The van der Waals surface area contributed by atoms with Gasteiger partial charge in [0.15, 0.2) is 5.78 Å². The van der Waals surface area contributed by atoms with Crippen molar-refractivity contribution < 1.29 is 38.9 Å². The Morgan fingerprint density at radius 2 is 1.86 bits per heavy atom. The molecule has 28 heavy (non-hydrogen) atoms. The predicted molar refractivity (Wildman–Crippen MR) is 111 cm³/mol. The smallest absolute Gasteiger partial charge is 0.687 e. The first-order valence-corrected chi connectivity index (χ1v) is 10.3. The van der Waals surface area contributed by atoms with Gasteiger partial charge in [-0.3, -0.25) is 4.79 Å². The quantitative estimate of drug-likeness (QED) is 0.264. The van der Waals surface area contributed by atoms with Crippen LogP contribution in [-0.4, -0.2) is 74.0 Å². The fraction of sp³-hybridized carbons (Fsp3) is 0.857. The largest absolute Gasteiger partial charge is 2.00 e. The van der Waals surface area contributed by atoms with Crippen molar-refractivity contribution in [1.82, 2.24) is 4.90 Å². The molecule has 160 valence electrons. The number of ketones is 1. The molecule has 2 unspecified atom stereocenters. The summed E-state index contributed by atoms with van der Waals surface area (Å²) in [7, 11) is 0. The van der Waals surface area contributed by atoms with Gasteiger partial charge in [-0.25, -0.2) is 0 Å². The molecule has 2 atom stereocenters. The van der Waals surface area contributed by atoms with E-state index in [9.17, 15) is 4.79 Å². The normalized spacial score (nSPS) is 16.6. The maximum Gasteiger partial charge on any atom is 2.00 e. The minimum atomic E-state index is -0.391. The van der Waals surface area contributed by atoms with Gasteiger partial charge in [-0.1, -0.05) is 20.3 Å². The van der Waals surface area contributed by atoms with Gasteiger partial charge in [0.25, 0.3) is 0 Å². The van der Waals surface area contributed by atoms with E-state index in [-0.39, 0.29) is 31.4 Å². The first-order valence-electron chi connectivity index (χ1n) is 10.3. The van der Waals surface area contributed by atoms with Crippen molar-refractivity contribution in [2.24, 2.45) is 0 Å². The molecular weight excluding hydrogens is 410 g/mol. The zero-order valence-corrected chi connectivity index (χ0v) is 21.8. The molecule has 1 saturated heterocycles. The number of likely N-dealkylation sites (tertiary alicyclic amines) is 1. The molecule has 0 saturated carbocycles. The molecule has 0 aromatic rings. The Hall–Kier alpha value is -0.327. The first-order chi connectivity index (χ1) is 12.8. The molecule has 0 spiro atoms. The van der Waals surface area contributed by atoms with Crippen molar-refractivity contribution in [2.75, 3.05) is 46.0 Å². The van der Waals surface area contributed by atoms with Crippen LogP contribution in [0.3, 0.4) is 0 Å². The van der Waals surface area contributed by atoms with Gasteiger partial charge in [0.05, 0.1) is 25.4 Å². The summed E-state index contributed by atoms with van der Waals surface area (Å²) in [4.78, 5) is 13.1. The van der Waals surface area contributed by atoms with E-state index in [4.69, 9.17) is 14.6 Å². The Balaban J connectivity index is 0. The van der Waals surface area contributed by atoms with Gasteiger partial charge in [-0.2, -0.15) is 5.70 Å². The number of hydrogen-bond donors (Lipinski definition) is 1. The van der Waals surface area contributed by atoms with Gasteiger partial charge < -0.3 is 24.8 Å². The van der Waals surface area contributed by atoms with Crippen molar-refractivity contribution in [2.45, 2.75) is 72.5 Å². The van der Waals surface area contributed by atoms with E-state index >= 15 is 0 Å². The Kier molecular flexibility index (Phi) is 21.3. The van der Waals surface area contributed by atoms with Crippen LogP contribution in [0, 0.1) is 0 Å². The zero-order valence-electron chi connectivity index (χ0n) is 18.8. The van der Waals surface area contributed by atoms with Crippen LogP contribution in [0.25, 0.3) is 5.32 Å². The third kappa shape index (κ3) is 20.4. The van der Waals surface area contributed by atoms with E-state index in [1.807, 2.05) is 13.8 Å². The summed E-state index contributed by atoms with van der Waals surface area (Å²) in [6.07, 6.45) is 6.17. The second kappa shape index (κ2) is 20.0. The summed E-state index contributed by atoms with van der Waals surface area (Å²) in [5.41, 5.74) is 0.844. The number of aliphatic hydroxyl groups excluding tert-OH is 1. The van der Waals surface area contributed by atoms with Gasteiger partial charge in [0, 0.05) is 6.61 Å². The minimum absolute atomic E-state index is 0. The van der Waals surface area contributed by atoms with Gasteiger partial charge >= 0.3 is 19.5 Å². The molecule has 0 radical (unpaired) electrons. The monoisotopic (exact) mass is 449 g/mol. The van der Waals surface area contributed by atoms with Crippen molar-refractivity contribution >= 4 is 5.78 Å². The fourth-order valence-corrected chi connectivity index (χ4v) is 2.56. The molecule has 1 aliphatic heterocycles. The summed E-state index contributed by atoms with van der Waals surface area (Å²) in [5, 5.41) is 13.3. The third-order valence-electron chi connectivity index (χ3n) is 4.00. The number of hydrogen-bond acceptors (Lipinski definition) is 5. The van der Waals surface area contributed by atoms with E-state index < -0.39 is 6.10 Å². The number of rotatable bonds is 13. The van der Waals surface area contributed by atoms with E-state index in [0.717, 1.165) is 38.2 Å². The van der Waals surface area contributed by atoms with Gasteiger partial charge in [-0.05, 0) is 65.7 Å². The molecule has 0 aromatic carbocycles. The molecule has 0 bridgehead atoms. The molecule has 0 aliphatic carbocycles. The molecule has 1 aliphatic rings. The topological polar surface area (TPSA) is 73.1 Å². The molecule has 1 N–H and O–H groups in total. The number of allylic oxidation sites excluding steroid dienone is 2. The number of unbranched alkanes of at least 4 members (excludes halogenated alkanes) is 1. The average molecular weight is 451 g/mol. The van der Waals surface area contributed by atoms with Crippen molar-refractivity contribution in [3.05, 3.63) is 17.1 Å². The SMILES string of the molecule is CC(=O)/C=C(/C)[N-]CCN1CCCC1.CCCCOCC(C)OCC(C)O.[Zn+2]. The molecule has 1 fully saturated rings. The maximum atomic E-state index is 10.7. The van der Waals surface area contributed by atoms with Crippen LogP contribution < -0.4 is 0 Å². The summed E-state index contributed by atoms with van der Waals surface area (Å²) in [6, 6.07) is 0. The van der Waals surface area contributed by atoms with Crippen LogP contribution in [0.4, 0.5) is 0 Å². The number of aliphatic hydroxyl groups is 1. The maximum absolute atomic E-state index is 10.7. The summed E-state index contributed by atoms with van der Waals surface area (Å²) >= 11 is 0. The van der Waals surface area contributed by atoms with E-state index in [2.05, 4.69) is 17.1 Å². The third-order valence-corrected chi connectivity index (χ3v) is 4.00. The predicted octanol–water partition coefficient (Wildman–Crippen LogP) is 3.54.